The standard InChI is InChI=1S/C14H25N3O3/c1-11-10-16(8-7-15(11)2)14(20)17-6-4-3-5-12(17)9-13(18)19/h11-12H,3-10H2,1-2H3,(H,18,19). The number of carbonyl (C=O) groups is 2. The second-order valence-electron chi connectivity index (χ2n) is 6.00. The molecule has 20 heavy (non-hydrogen) atoms. The molecule has 114 valence electrons. The van der Waals surface area contributed by atoms with Gasteiger partial charge in [0, 0.05) is 38.3 Å². The van der Waals surface area contributed by atoms with E-state index in [1.165, 1.54) is 0 Å². The Morgan fingerprint density at radius 2 is 1.95 bits per heavy atom. The predicted molar refractivity (Wildman–Crippen MR) is 75.7 cm³/mol. The molecule has 2 fully saturated rings. The van der Waals surface area contributed by atoms with Crippen LogP contribution in [0.15, 0.2) is 0 Å². The average Bonchev–Trinajstić information content (AvgIpc) is 2.41. The Morgan fingerprint density at radius 3 is 2.60 bits per heavy atom. The molecule has 0 aromatic carbocycles. The van der Waals surface area contributed by atoms with Crippen LogP contribution < -0.4 is 0 Å². The van der Waals surface area contributed by atoms with Gasteiger partial charge in [-0.25, -0.2) is 4.79 Å². The number of likely N-dealkylation sites (N-methyl/N-ethyl adjacent to an activating group) is 1. The predicted octanol–water partition coefficient (Wildman–Crippen LogP) is 1.07. The van der Waals surface area contributed by atoms with E-state index >= 15 is 0 Å². The van der Waals surface area contributed by atoms with Crippen molar-refractivity contribution in [3.8, 4) is 0 Å². The van der Waals surface area contributed by atoms with E-state index < -0.39 is 5.97 Å². The number of hydrogen-bond donors (Lipinski definition) is 1. The first-order chi connectivity index (χ1) is 9.49. The van der Waals surface area contributed by atoms with Crippen LogP contribution in [-0.2, 0) is 4.79 Å². The fourth-order valence-electron chi connectivity index (χ4n) is 3.07. The van der Waals surface area contributed by atoms with Crippen molar-refractivity contribution in [3.63, 3.8) is 0 Å². The summed E-state index contributed by atoms with van der Waals surface area (Å²) in [5.74, 6) is -0.818. The zero-order valence-electron chi connectivity index (χ0n) is 12.4. The van der Waals surface area contributed by atoms with Crippen LogP contribution in [-0.4, -0.2) is 77.1 Å². The molecule has 6 nitrogen and oxygen atoms in total. The minimum atomic E-state index is -0.818. The zero-order chi connectivity index (χ0) is 14.7. The molecule has 0 aromatic heterocycles. The molecule has 2 atom stereocenters. The molecule has 2 rings (SSSR count). The lowest BCUT2D eigenvalue weighted by Crippen LogP contribution is -2.58. The Hall–Kier alpha value is -1.30. The number of carbonyl (C=O) groups excluding carboxylic acids is 1. The maximum atomic E-state index is 12.6. The van der Waals surface area contributed by atoms with Crippen LogP contribution >= 0.6 is 0 Å². The van der Waals surface area contributed by atoms with Crippen LogP contribution in [0, 0.1) is 0 Å². The van der Waals surface area contributed by atoms with E-state index in [-0.39, 0.29) is 18.5 Å². The largest absolute Gasteiger partial charge is 0.481 e. The number of urea groups is 1. The Bertz CT molecular complexity index is 375. The Kier molecular flexibility index (Phi) is 4.86. The highest BCUT2D eigenvalue weighted by atomic mass is 16.4. The normalized spacial score (nSPS) is 28.5. The molecule has 0 spiro atoms. The van der Waals surface area contributed by atoms with Crippen molar-refractivity contribution in [2.45, 2.75) is 44.7 Å². The minimum Gasteiger partial charge on any atom is -0.481 e. The fourth-order valence-corrected chi connectivity index (χ4v) is 3.07. The first-order valence-electron chi connectivity index (χ1n) is 7.46. The quantitative estimate of drug-likeness (QED) is 0.823. The van der Waals surface area contributed by atoms with Crippen molar-refractivity contribution in [3.05, 3.63) is 0 Å². The van der Waals surface area contributed by atoms with Gasteiger partial charge in [0.2, 0.25) is 0 Å². The van der Waals surface area contributed by atoms with E-state index in [0.717, 1.165) is 38.9 Å². The van der Waals surface area contributed by atoms with Gasteiger partial charge in [-0.1, -0.05) is 0 Å². The molecule has 2 saturated heterocycles. The second-order valence-corrected chi connectivity index (χ2v) is 6.00. The lowest BCUT2D eigenvalue weighted by Gasteiger charge is -2.43. The monoisotopic (exact) mass is 283 g/mol. The smallest absolute Gasteiger partial charge is 0.320 e. The summed E-state index contributed by atoms with van der Waals surface area (Å²) in [6, 6.07) is 0.245. The van der Waals surface area contributed by atoms with Crippen LogP contribution in [0.1, 0.15) is 32.6 Å². The van der Waals surface area contributed by atoms with Crippen LogP contribution in [0.3, 0.4) is 0 Å². The van der Waals surface area contributed by atoms with E-state index in [9.17, 15) is 9.59 Å². The number of piperidine rings is 1. The number of rotatable bonds is 2. The number of likely N-dealkylation sites (tertiary alicyclic amines) is 1. The third kappa shape index (κ3) is 3.42. The molecular weight excluding hydrogens is 258 g/mol. The van der Waals surface area contributed by atoms with Gasteiger partial charge in [0.15, 0.2) is 0 Å². The van der Waals surface area contributed by atoms with Crippen LogP contribution in [0.25, 0.3) is 0 Å². The van der Waals surface area contributed by atoms with Gasteiger partial charge >= 0.3 is 12.0 Å². The summed E-state index contributed by atoms with van der Waals surface area (Å²) in [7, 11) is 2.07. The summed E-state index contributed by atoms with van der Waals surface area (Å²) in [6.45, 7) is 5.15. The van der Waals surface area contributed by atoms with E-state index in [2.05, 4.69) is 18.9 Å². The summed E-state index contributed by atoms with van der Waals surface area (Å²) in [6.07, 6.45) is 2.86. The number of piperazine rings is 1. The van der Waals surface area contributed by atoms with Crippen molar-refractivity contribution in [1.29, 1.82) is 0 Å². The van der Waals surface area contributed by atoms with Gasteiger partial charge in [0.05, 0.1) is 6.42 Å². The van der Waals surface area contributed by atoms with Gasteiger partial charge in [-0.05, 0) is 33.2 Å². The number of nitrogens with zero attached hydrogens (tertiary/aromatic N) is 3. The topological polar surface area (TPSA) is 64.1 Å². The molecule has 2 unspecified atom stereocenters. The number of amides is 2. The number of carboxylic acid groups (broad SMARTS) is 1. The molecule has 2 aliphatic heterocycles. The van der Waals surface area contributed by atoms with Crippen molar-refractivity contribution in [2.75, 3.05) is 33.2 Å². The maximum absolute atomic E-state index is 12.6. The van der Waals surface area contributed by atoms with Crippen LogP contribution in [0.4, 0.5) is 4.79 Å². The number of carboxylic acids is 1. The first-order valence-corrected chi connectivity index (χ1v) is 7.46. The summed E-state index contributed by atoms with van der Waals surface area (Å²) < 4.78 is 0. The van der Waals surface area contributed by atoms with Crippen LogP contribution in [0.2, 0.25) is 0 Å². The third-order valence-electron chi connectivity index (χ3n) is 4.51. The highest BCUT2D eigenvalue weighted by molar-refractivity contribution is 5.76. The summed E-state index contributed by atoms with van der Waals surface area (Å²) in [5, 5.41) is 8.99. The van der Waals surface area contributed by atoms with E-state index in [4.69, 9.17) is 5.11 Å². The third-order valence-corrected chi connectivity index (χ3v) is 4.51. The number of aliphatic carboxylic acids is 1. The first kappa shape index (κ1) is 15.1. The molecule has 0 saturated carbocycles. The molecule has 0 aromatic rings. The van der Waals surface area contributed by atoms with Gasteiger partial charge in [-0.2, -0.15) is 0 Å². The highest BCUT2D eigenvalue weighted by Gasteiger charge is 2.33. The molecule has 2 aliphatic rings. The van der Waals surface area contributed by atoms with Gasteiger partial charge in [-0.3, -0.25) is 4.79 Å². The van der Waals surface area contributed by atoms with Gasteiger partial charge < -0.3 is 19.8 Å². The number of hydrogen-bond acceptors (Lipinski definition) is 3. The maximum Gasteiger partial charge on any atom is 0.320 e. The van der Waals surface area contributed by atoms with E-state index in [1.54, 1.807) is 4.90 Å². The van der Waals surface area contributed by atoms with Gasteiger partial charge in [0.1, 0.15) is 0 Å². The molecule has 0 radical (unpaired) electrons. The van der Waals surface area contributed by atoms with Crippen molar-refractivity contribution >= 4 is 12.0 Å². The fraction of sp³-hybridized carbons (Fsp3) is 0.857. The lowest BCUT2D eigenvalue weighted by atomic mass is 9.99. The molecule has 6 heteroatoms. The van der Waals surface area contributed by atoms with Crippen molar-refractivity contribution in [2.24, 2.45) is 0 Å². The summed E-state index contributed by atoms with van der Waals surface area (Å²) in [5.41, 5.74) is 0. The molecule has 0 bridgehead atoms. The van der Waals surface area contributed by atoms with E-state index in [1.807, 2.05) is 4.90 Å². The Labute approximate surface area is 120 Å². The SMILES string of the molecule is CC1CN(C(=O)N2CCCCC2CC(=O)O)CCN1C. The molecule has 0 aliphatic carbocycles. The van der Waals surface area contributed by atoms with Crippen molar-refractivity contribution in [1.82, 2.24) is 14.7 Å². The molecule has 1 N–H and O–H groups in total. The minimum absolute atomic E-state index is 0.0240. The zero-order valence-corrected chi connectivity index (χ0v) is 12.4. The molecule has 2 heterocycles. The average molecular weight is 283 g/mol. The highest BCUT2D eigenvalue weighted by Crippen LogP contribution is 2.22. The Balaban J connectivity index is 2.00. The Morgan fingerprint density at radius 1 is 1.20 bits per heavy atom. The second kappa shape index (κ2) is 6.43. The summed E-state index contributed by atoms with van der Waals surface area (Å²) >= 11 is 0. The van der Waals surface area contributed by atoms with Crippen LogP contribution in [0.5, 0.6) is 0 Å². The summed E-state index contributed by atoms with van der Waals surface area (Å²) in [4.78, 5) is 29.5. The van der Waals surface area contributed by atoms with Crippen molar-refractivity contribution < 1.29 is 14.7 Å². The van der Waals surface area contributed by atoms with Gasteiger partial charge in [-0.15, -0.1) is 0 Å². The molecular formula is C14H25N3O3. The molecule has 2 amide bonds. The van der Waals surface area contributed by atoms with Gasteiger partial charge in [0.25, 0.3) is 0 Å². The van der Waals surface area contributed by atoms with E-state index in [0.29, 0.717) is 12.6 Å². The lowest BCUT2D eigenvalue weighted by molar-refractivity contribution is -0.138.